The highest BCUT2D eigenvalue weighted by atomic mass is 16.5. The van der Waals surface area contributed by atoms with Gasteiger partial charge in [0.25, 0.3) is 0 Å². The average molecular weight is 431 g/mol. The van der Waals surface area contributed by atoms with E-state index in [4.69, 9.17) is 9.47 Å². The Bertz CT molecular complexity index is 705. The van der Waals surface area contributed by atoms with E-state index in [2.05, 4.69) is 61.9 Å². The smallest absolute Gasteiger partial charge is 0.223 e. The number of likely N-dealkylation sites (N-methyl/N-ethyl adjacent to an activating group) is 1. The van der Waals surface area contributed by atoms with E-state index in [0.29, 0.717) is 12.3 Å². The lowest BCUT2D eigenvalue weighted by Crippen LogP contribution is -2.46. The Morgan fingerprint density at radius 1 is 1.03 bits per heavy atom. The predicted molar refractivity (Wildman–Crippen MR) is 125 cm³/mol. The number of hydrogen-bond donors (Lipinski definition) is 0. The third-order valence-electron chi connectivity index (χ3n) is 6.67. The van der Waals surface area contributed by atoms with Crippen molar-refractivity contribution < 1.29 is 14.3 Å². The van der Waals surface area contributed by atoms with Crippen LogP contribution in [0.4, 0.5) is 0 Å². The summed E-state index contributed by atoms with van der Waals surface area (Å²) < 4.78 is 12.4. The molecule has 1 spiro atoms. The van der Waals surface area contributed by atoms with Gasteiger partial charge in [-0.1, -0.05) is 45.4 Å². The highest BCUT2D eigenvalue weighted by Gasteiger charge is 2.37. The standard InChI is InChI=1S/C26H42N2O3/c1-25(2,3)19-24(29)28-14-12-26(13-15-28)11-7-8-17-30-18-16-27(4)20-22-9-5-6-10-23(22)31-21-26/h5-6,9-10H,7-8,11-21H2,1-4H3. The second kappa shape index (κ2) is 10.8. The molecule has 0 aromatic heterocycles. The average Bonchev–Trinajstić information content (AvgIpc) is 2.71. The Morgan fingerprint density at radius 3 is 2.52 bits per heavy atom. The van der Waals surface area contributed by atoms with Crippen LogP contribution in [0.1, 0.15) is 64.9 Å². The summed E-state index contributed by atoms with van der Waals surface area (Å²) >= 11 is 0. The molecule has 0 saturated carbocycles. The number of likely N-dealkylation sites (tertiary alicyclic amines) is 1. The van der Waals surface area contributed by atoms with Crippen LogP contribution in [0, 0.1) is 10.8 Å². The van der Waals surface area contributed by atoms with Crippen molar-refractivity contribution in [3.8, 4) is 5.75 Å². The third-order valence-corrected chi connectivity index (χ3v) is 6.67. The van der Waals surface area contributed by atoms with E-state index < -0.39 is 0 Å². The minimum absolute atomic E-state index is 0.0383. The highest BCUT2D eigenvalue weighted by Crippen LogP contribution is 2.38. The molecule has 2 aliphatic heterocycles. The summed E-state index contributed by atoms with van der Waals surface area (Å²) in [5.41, 5.74) is 1.41. The lowest BCUT2D eigenvalue weighted by molar-refractivity contribution is -0.136. The molecule has 0 bridgehead atoms. The molecule has 0 radical (unpaired) electrons. The number of benzene rings is 1. The zero-order valence-corrected chi connectivity index (χ0v) is 20.1. The second-order valence-electron chi connectivity index (χ2n) is 10.8. The number of ether oxygens (including phenoxy) is 2. The van der Waals surface area contributed by atoms with E-state index in [1.807, 2.05) is 0 Å². The maximum absolute atomic E-state index is 12.7. The Balaban J connectivity index is 1.69. The maximum atomic E-state index is 12.7. The maximum Gasteiger partial charge on any atom is 0.223 e. The zero-order valence-electron chi connectivity index (χ0n) is 20.1. The van der Waals surface area contributed by atoms with Gasteiger partial charge in [-0.05, 0) is 44.2 Å². The molecule has 3 rings (SSSR count). The van der Waals surface area contributed by atoms with Gasteiger partial charge in [0.1, 0.15) is 5.75 Å². The molecule has 1 fully saturated rings. The molecule has 31 heavy (non-hydrogen) atoms. The topological polar surface area (TPSA) is 42.0 Å². The van der Waals surface area contributed by atoms with Gasteiger partial charge in [-0.25, -0.2) is 0 Å². The monoisotopic (exact) mass is 430 g/mol. The predicted octanol–water partition coefficient (Wildman–Crippen LogP) is 4.74. The number of hydrogen-bond acceptors (Lipinski definition) is 4. The van der Waals surface area contributed by atoms with Crippen molar-refractivity contribution in [2.45, 2.75) is 65.8 Å². The summed E-state index contributed by atoms with van der Waals surface area (Å²) in [6.45, 7) is 12.2. The highest BCUT2D eigenvalue weighted by molar-refractivity contribution is 5.76. The first-order valence-electron chi connectivity index (χ1n) is 12.0. The normalized spacial score (nSPS) is 21.7. The van der Waals surface area contributed by atoms with Crippen LogP contribution >= 0.6 is 0 Å². The number of amides is 1. The molecular weight excluding hydrogens is 388 g/mol. The van der Waals surface area contributed by atoms with Gasteiger partial charge in [-0.15, -0.1) is 0 Å². The van der Waals surface area contributed by atoms with E-state index in [1.165, 1.54) is 5.56 Å². The van der Waals surface area contributed by atoms with Gasteiger partial charge in [0.2, 0.25) is 5.91 Å². The van der Waals surface area contributed by atoms with E-state index in [9.17, 15) is 4.79 Å². The van der Waals surface area contributed by atoms with Gasteiger partial charge in [0.15, 0.2) is 0 Å². The largest absolute Gasteiger partial charge is 0.493 e. The molecule has 0 aliphatic carbocycles. The molecule has 5 nitrogen and oxygen atoms in total. The summed E-state index contributed by atoms with van der Waals surface area (Å²) in [6.07, 6.45) is 6.04. The Labute approximate surface area is 189 Å². The fraction of sp³-hybridized carbons (Fsp3) is 0.731. The van der Waals surface area contributed by atoms with Crippen molar-refractivity contribution in [3.05, 3.63) is 29.8 Å². The van der Waals surface area contributed by atoms with E-state index in [-0.39, 0.29) is 10.8 Å². The van der Waals surface area contributed by atoms with Gasteiger partial charge >= 0.3 is 0 Å². The molecule has 2 heterocycles. The quantitative estimate of drug-likeness (QED) is 0.645. The molecule has 1 aromatic rings. The Hall–Kier alpha value is -1.59. The number of piperidine rings is 1. The second-order valence-corrected chi connectivity index (χ2v) is 10.8. The summed E-state index contributed by atoms with van der Waals surface area (Å²) in [4.78, 5) is 17.1. The summed E-state index contributed by atoms with van der Waals surface area (Å²) in [5.74, 6) is 1.30. The van der Waals surface area contributed by atoms with Crippen LogP contribution in [0.25, 0.3) is 0 Å². The molecule has 174 valence electrons. The molecule has 1 saturated heterocycles. The van der Waals surface area contributed by atoms with E-state index in [1.54, 1.807) is 0 Å². The minimum Gasteiger partial charge on any atom is -0.493 e. The number of fused-ring (bicyclic) bond motifs is 1. The van der Waals surface area contributed by atoms with Crippen molar-refractivity contribution in [3.63, 3.8) is 0 Å². The molecule has 0 unspecified atom stereocenters. The SMILES string of the molecule is CN1CCOCCCCC2(CCN(C(=O)CC(C)(C)C)CC2)COc2ccccc2C1. The first kappa shape index (κ1) is 24.1. The summed E-state index contributed by atoms with van der Waals surface area (Å²) in [5, 5.41) is 0. The van der Waals surface area contributed by atoms with Crippen LogP contribution in [0.3, 0.4) is 0 Å². The third kappa shape index (κ3) is 7.50. The Morgan fingerprint density at radius 2 is 1.77 bits per heavy atom. The van der Waals surface area contributed by atoms with Crippen LogP contribution < -0.4 is 4.74 Å². The first-order chi connectivity index (χ1) is 14.8. The number of carbonyl (C=O) groups is 1. The van der Waals surface area contributed by atoms with Crippen LogP contribution in [0.5, 0.6) is 5.75 Å². The van der Waals surface area contributed by atoms with Gasteiger partial charge in [0.05, 0.1) is 13.2 Å². The van der Waals surface area contributed by atoms with Gasteiger partial charge in [-0.3, -0.25) is 9.69 Å². The minimum atomic E-state index is 0.0383. The van der Waals surface area contributed by atoms with Crippen LogP contribution in [0.2, 0.25) is 0 Å². The van der Waals surface area contributed by atoms with Crippen LogP contribution in [0.15, 0.2) is 24.3 Å². The fourth-order valence-corrected chi connectivity index (χ4v) is 4.66. The number of rotatable bonds is 1. The number of para-hydroxylation sites is 1. The number of nitrogens with zero attached hydrogens (tertiary/aromatic N) is 2. The zero-order chi connectivity index (χ0) is 22.3. The van der Waals surface area contributed by atoms with Crippen molar-refractivity contribution >= 4 is 5.91 Å². The van der Waals surface area contributed by atoms with Gasteiger partial charge in [-0.2, -0.15) is 0 Å². The lowest BCUT2D eigenvalue weighted by atomic mass is 9.75. The van der Waals surface area contributed by atoms with E-state index >= 15 is 0 Å². The van der Waals surface area contributed by atoms with Crippen molar-refractivity contribution in [2.24, 2.45) is 10.8 Å². The molecule has 0 atom stereocenters. The van der Waals surface area contributed by atoms with Crippen LogP contribution in [-0.4, -0.2) is 62.2 Å². The lowest BCUT2D eigenvalue weighted by Gasteiger charge is -2.42. The molecule has 5 heteroatoms. The van der Waals surface area contributed by atoms with Crippen molar-refractivity contribution in [1.29, 1.82) is 0 Å². The molecular formula is C26H42N2O3. The Kier molecular flexibility index (Phi) is 8.40. The molecule has 0 N–H and O–H groups in total. The molecule has 1 amide bonds. The fourth-order valence-electron chi connectivity index (χ4n) is 4.66. The van der Waals surface area contributed by atoms with Crippen LogP contribution in [-0.2, 0) is 16.1 Å². The summed E-state index contributed by atoms with van der Waals surface area (Å²) in [7, 11) is 2.14. The number of carbonyl (C=O) groups excluding carboxylic acids is 1. The van der Waals surface area contributed by atoms with Crippen molar-refractivity contribution in [1.82, 2.24) is 9.80 Å². The van der Waals surface area contributed by atoms with Crippen molar-refractivity contribution in [2.75, 3.05) is 46.5 Å². The molecule has 2 aliphatic rings. The summed E-state index contributed by atoms with van der Waals surface area (Å²) in [6, 6.07) is 8.41. The first-order valence-corrected chi connectivity index (χ1v) is 12.0. The molecule has 1 aromatic carbocycles. The van der Waals surface area contributed by atoms with Gasteiger partial charge < -0.3 is 14.4 Å². The van der Waals surface area contributed by atoms with E-state index in [0.717, 1.165) is 83.9 Å². The van der Waals surface area contributed by atoms with Gasteiger partial charge in [0, 0.05) is 50.2 Å².